The molecule has 0 aliphatic carbocycles. The van der Waals surface area contributed by atoms with Crippen molar-refractivity contribution >= 4 is 32.3 Å². The first kappa shape index (κ1) is 12.1. The van der Waals surface area contributed by atoms with Crippen LogP contribution in [0.25, 0.3) is 0 Å². The summed E-state index contributed by atoms with van der Waals surface area (Å²) >= 11 is 2.63. The lowest BCUT2D eigenvalue weighted by molar-refractivity contribution is -0.342. The van der Waals surface area contributed by atoms with E-state index in [1.54, 1.807) is 0 Å². The van der Waals surface area contributed by atoms with Crippen LogP contribution in [-0.2, 0) is 0 Å². The molecular formula is C8H6BrN3O4. The number of rotatable bonds is 3. The zero-order chi connectivity index (χ0) is 12.1. The Balaban J connectivity index is 2.73. The van der Waals surface area contributed by atoms with E-state index in [4.69, 9.17) is 5.11 Å². The summed E-state index contributed by atoms with van der Waals surface area (Å²) in [5.41, 5.74) is 2.97. The van der Waals surface area contributed by atoms with Crippen molar-refractivity contribution in [2.24, 2.45) is 5.10 Å². The fourth-order valence-corrected chi connectivity index (χ4v) is 0.928. The van der Waals surface area contributed by atoms with Gasteiger partial charge in [-0.3, -0.25) is 0 Å². The van der Waals surface area contributed by atoms with Gasteiger partial charge in [0.05, 0.1) is 32.3 Å². The van der Waals surface area contributed by atoms with Crippen molar-refractivity contribution in [3.05, 3.63) is 39.9 Å². The molecule has 0 heterocycles. The number of halogens is 1. The third-order valence-electron chi connectivity index (χ3n) is 1.56. The molecule has 0 aliphatic heterocycles. The fourth-order valence-electron chi connectivity index (χ4n) is 0.839. The molecule has 0 atom stereocenters. The van der Waals surface area contributed by atoms with Crippen LogP contribution in [0.2, 0.25) is 0 Å². The van der Waals surface area contributed by atoms with Crippen LogP contribution in [0, 0.1) is 10.1 Å². The summed E-state index contributed by atoms with van der Waals surface area (Å²) in [5, 5.41) is 22.2. The number of amidine groups is 1. The minimum Gasteiger partial charge on any atom is -0.478 e. The number of aromatic carboxylic acids is 1. The number of carboxylic acids is 1. The average molecular weight is 288 g/mol. The number of hydrogen-bond acceptors (Lipinski definition) is 5. The van der Waals surface area contributed by atoms with Crippen LogP contribution in [0.4, 0.5) is 5.69 Å². The molecule has 0 saturated heterocycles. The van der Waals surface area contributed by atoms with Crippen molar-refractivity contribution in [1.82, 2.24) is 0 Å². The summed E-state index contributed by atoms with van der Waals surface area (Å²) in [4.78, 5) is 20.0. The number of hydrogen-bond donors (Lipinski definition) is 2. The Bertz CT molecular complexity index is 443. The first-order valence-corrected chi connectivity index (χ1v) is 4.77. The molecule has 1 aromatic carbocycles. The van der Waals surface area contributed by atoms with Crippen LogP contribution in [-0.4, -0.2) is 20.7 Å². The van der Waals surface area contributed by atoms with Gasteiger partial charge in [0.2, 0.25) is 0 Å². The van der Waals surface area contributed by atoms with Gasteiger partial charge in [-0.15, -0.1) is 0 Å². The minimum absolute atomic E-state index is 0.128. The number of carboxylic acid groups (broad SMARTS) is 1. The zero-order valence-corrected chi connectivity index (χ0v) is 9.34. The predicted octanol–water partition coefficient (Wildman–Crippen LogP) is 1.74. The van der Waals surface area contributed by atoms with E-state index in [1.807, 2.05) is 0 Å². The molecule has 84 valence electrons. The lowest BCUT2D eigenvalue weighted by Gasteiger charge is -1.96. The molecule has 0 aliphatic rings. The van der Waals surface area contributed by atoms with Gasteiger partial charge in [0, 0.05) is 0 Å². The SMILES string of the molecule is O=C(O)c1ccc(NN=C(Br)[N+](=O)[O-])cc1. The summed E-state index contributed by atoms with van der Waals surface area (Å²) < 4.78 is -0.463. The van der Waals surface area contributed by atoms with E-state index in [0.29, 0.717) is 5.69 Å². The number of benzene rings is 1. The van der Waals surface area contributed by atoms with Crippen LogP contribution in [0.1, 0.15) is 10.4 Å². The summed E-state index contributed by atoms with van der Waals surface area (Å²) in [5.74, 6) is -1.04. The van der Waals surface area contributed by atoms with Gasteiger partial charge in [-0.1, -0.05) is 0 Å². The summed E-state index contributed by atoms with van der Waals surface area (Å²) in [7, 11) is 0. The Hall–Kier alpha value is -1.96. The Morgan fingerprint density at radius 3 is 2.44 bits per heavy atom. The largest absolute Gasteiger partial charge is 0.478 e. The third kappa shape index (κ3) is 3.31. The molecular weight excluding hydrogens is 282 g/mol. The Morgan fingerprint density at radius 2 is 2.00 bits per heavy atom. The first-order valence-electron chi connectivity index (χ1n) is 3.97. The number of anilines is 1. The van der Waals surface area contributed by atoms with E-state index in [-0.39, 0.29) is 5.56 Å². The van der Waals surface area contributed by atoms with Gasteiger partial charge in [-0.25, -0.2) is 4.79 Å². The molecule has 16 heavy (non-hydrogen) atoms. The highest BCUT2D eigenvalue weighted by molar-refractivity contribution is 9.18. The van der Waals surface area contributed by atoms with Gasteiger partial charge < -0.3 is 15.2 Å². The second kappa shape index (κ2) is 5.21. The van der Waals surface area contributed by atoms with Gasteiger partial charge in [-0.2, -0.15) is 5.43 Å². The van der Waals surface area contributed by atoms with Crippen LogP contribution in [0.15, 0.2) is 29.4 Å². The van der Waals surface area contributed by atoms with Crippen LogP contribution in [0.5, 0.6) is 0 Å². The molecule has 0 spiro atoms. The maximum Gasteiger partial charge on any atom is 0.430 e. The van der Waals surface area contributed by atoms with Crippen molar-refractivity contribution in [3.63, 3.8) is 0 Å². The molecule has 1 aromatic rings. The highest BCUT2D eigenvalue weighted by Gasteiger charge is 2.06. The molecule has 0 saturated carbocycles. The molecule has 0 aromatic heterocycles. The first-order chi connectivity index (χ1) is 7.50. The fraction of sp³-hybridized carbons (Fsp3) is 0. The predicted molar refractivity (Wildman–Crippen MR) is 60.4 cm³/mol. The smallest absolute Gasteiger partial charge is 0.430 e. The van der Waals surface area contributed by atoms with Gasteiger partial charge in [0.1, 0.15) is 0 Å². The van der Waals surface area contributed by atoms with E-state index < -0.39 is 15.6 Å². The molecule has 0 unspecified atom stereocenters. The quantitative estimate of drug-likeness (QED) is 0.290. The maximum absolute atomic E-state index is 10.5. The molecule has 0 bridgehead atoms. The van der Waals surface area contributed by atoms with E-state index in [9.17, 15) is 14.9 Å². The number of hydrazone groups is 1. The summed E-state index contributed by atoms with van der Waals surface area (Å²) in [6.07, 6.45) is 0. The van der Waals surface area contributed by atoms with E-state index in [0.717, 1.165) is 0 Å². The third-order valence-corrected chi connectivity index (χ3v) is 2.03. The Kier molecular flexibility index (Phi) is 3.95. The standard InChI is InChI=1S/C8H6BrN3O4/c9-8(12(15)16)11-10-6-3-1-5(2-4-6)7(13)14/h1-4,10H,(H,13,14). The second-order valence-corrected chi connectivity index (χ2v) is 3.34. The van der Waals surface area contributed by atoms with Crippen molar-refractivity contribution in [2.45, 2.75) is 0 Å². The molecule has 0 amide bonds. The average Bonchev–Trinajstić information content (AvgIpc) is 2.26. The van der Waals surface area contributed by atoms with Crippen LogP contribution >= 0.6 is 15.9 Å². The van der Waals surface area contributed by atoms with Crippen molar-refractivity contribution in [1.29, 1.82) is 0 Å². The zero-order valence-electron chi connectivity index (χ0n) is 7.75. The lowest BCUT2D eigenvalue weighted by Crippen LogP contribution is -2.05. The highest BCUT2D eigenvalue weighted by atomic mass is 79.9. The number of carbonyl (C=O) groups is 1. The maximum atomic E-state index is 10.5. The van der Waals surface area contributed by atoms with E-state index in [1.165, 1.54) is 24.3 Å². The molecule has 7 nitrogen and oxygen atoms in total. The number of nitro groups is 1. The molecule has 0 fully saturated rings. The molecule has 0 radical (unpaired) electrons. The number of nitrogens with one attached hydrogen (secondary N) is 1. The van der Waals surface area contributed by atoms with Crippen molar-refractivity contribution in [3.8, 4) is 0 Å². The van der Waals surface area contributed by atoms with Crippen LogP contribution in [0.3, 0.4) is 0 Å². The van der Waals surface area contributed by atoms with Gasteiger partial charge in [0.15, 0.2) is 0 Å². The Morgan fingerprint density at radius 1 is 1.44 bits per heavy atom. The highest BCUT2D eigenvalue weighted by Crippen LogP contribution is 2.09. The van der Waals surface area contributed by atoms with Crippen LogP contribution < -0.4 is 5.43 Å². The van der Waals surface area contributed by atoms with E-state index in [2.05, 4.69) is 26.5 Å². The van der Waals surface area contributed by atoms with Crippen molar-refractivity contribution in [2.75, 3.05) is 5.43 Å². The summed E-state index contributed by atoms with van der Waals surface area (Å²) in [6.45, 7) is 0. The normalized spacial score (nSPS) is 10.9. The summed E-state index contributed by atoms with van der Waals surface area (Å²) in [6, 6.07) is 5.63. The van der Waals surface area contributed by atoms with E-state index >= 15 is 0 Å². The Labute approximate surface area is 98.1 Å². The molecule has 1 rings (SSSR count). The van der Waals surface area contributed by atoms with Gasteiger partial charge in [0.25, 0.3) is 0 Å². The van der Waals surface area contributed by atoms with Crippen molar-refractivity contribution < 1.29 is 14.8 Å². The lowest BCUT2D eigenvalue weighted by atomic mass is 10.2. The molecule has 8 heteroatoms. The monoisotopic (exact) mass is 287 g/mol. The van der Waals surface area contributed by atoms with Gasteiger partial charge in [-0.05, 0) is 29.2 Å². The second-order valence-electron chi connectivity index (χ2n) is 2.63. The topological polar surface area (TPSA) is 105 Å². The molecule has 2 N–H and O–H groups in total. The number of nitrogens with zero attached hydrogens (tertiary/aromatic N) is 2. The van der Waals surface area contributed by atoms with Gasteiger partial charge >= 0.3 is 10.7 Å². The minimum atomic E-state index is -1.04.